The lowest BCUT2D eigenvalue weighted by atomic mass is 9.92. The molecule has 2 heterocycles. The maximum Gasteiger partial charge on any atom is 0.337 e. The molecule has 0 saturated carbocycles. The Balaban J connectivity index is 1.63. The second-order valence-electron chi connectivity index (χ2n) is 8.74. The van der Waals surface area contributed by atoms with E-state index in [4.69, 9.17) is 4.74 Å². The zero-order chi connectivity index (χ0) is 25.2. The Hall–Kier alpha value is -4.23. The van der Waals surface area contributed by atoms with E-state index in [2.05, 4.69) is 5.32 Å². The normalized spacial score (nSPS) is 21.4. The highest BCUT2D eigenvalue weighted by Crippen LogP contribution is 2.50. The van der Waals surface area contributed by atoms with Gasteiger partial charge in [-0.1, -0.05) is 78.9 Å². The van der Waals surface area contributed by atoms with Crippen molar-refractivity contribution >= 4 is 17.8 Å². The predicted molar refractivity (Wildman–Crippen MR) is 134 cm³/mol. The molecule has 3 aromatic carbocycles. The number of amides is 2. The van der Waals surface area contributed by atoms with E-state index in [1.165, 1.54) is 5.01 Å². The second kappa shape index (κ2) is 9.79. The molecule has 3 atom stereocenters. The number of esters is 1. The molecule has 0 bridgehead atoms. The Bertz CT molecular complexity index is 1310. The van der Waals surface area contributed by atoms with Crippen molar-refractivity contribution < 1.29 is 19.1 Å². The fourth-order valence-corrected chi connectivity index (χ4v) is 5.09. The topological polar surface area (TPSA) is 79.0 Å². The van der Waals surface area contributed by atoms with Crippen LogP contribution >= 0.6 is 0 Å². The van der Waals surface area contributed by atoms with Crippen molar-refractivity contribution in [2.75, 3.05) is 6.61 Å². The van der Waals surface area contributed by atoms with Crippen molar-refractivity contribution in [1.82, 2.24) is 15.3 Å². The van der Waals surface area contributed by atoms with Crippen LogP contribution in [0.25, 0.3) is 0 Å². The lowest BCUT2D eigenvalue weighted by molar-refractivity contribution is -0.140. The van der Waals surface area contributed by atoms with Crippen molar-refractivity contribution in [3.63, 3.8) is 0 Å². The minimum atomic E-state index is -0.856. The van der Waals surface area contributed by atoms with Crippen LogP contribution < -0.4 is 5.32 Å². The minimum Gasteiger partial charge on any atom is -0.463 e. The van der Waals surface area contributed by atoms with E-state index in [9.17, 15) is 14.4 Å². The third-order valence-corrected chi connectivity index (χ3v) is 6.63. The number of fused-ring (bicyclic) bond motifs is 1. The van der Waals surface area contributed by atoms with Crippen molar-refractivity contribution in [1.29, 1.82) is 0 Å². The summed E-state index contributed by atoms with van der Waals surface area (Å²) in [5.74, 6) is -1.09. The molecule has 0 spiro atoms. The smallest absolute Gasteiger partial charge is 0.337 e. The second-order valence-corrected chi connectivity index (χ2v) is 8.74. The van der Waals surface area contributed by atoms with Crippen LogP contribution in [0.3, 0.4) is 0 Å². The molecule has 182 valence electrons. The van der Waals surface area contributed by atoms with Crippen molar-refractivity contribution in [3.8, 4) is 0 Å². The Labute approximate surface area is 209 Å². The molecular weight excluding hydrogens is 454 g/mol. The van der Waals surface area contributed by atoms with Crippen LogP contribution in [0.2, 0.25) is 0 Å². The average Bonchev–Trinajstić information content (AvgIpc) is 3.37. The summed E-state index contributed by atoms with van der Waals surface area (Å²) in [6, 6.07) is 26.0. The lowest BCUT2D eigenvalue weighted by Gasteiger charge is -2.33. The van der Waals surface area contributed by atoms with Gasteiger partial charge >= 0.3 is 5.97 Å². The molecule has 36 heavy (non-hydrogen) atoms. The molecule has 7 nitrogen and oxygen atoms in total. The van der Waals surface area contributed by atoms with Gasteiger partial charge < -0.3 is 10.1 Å². The Morgan fingerprint density at radius 1 is 0.861 bits per heavy atom. The number of nitrogens with one attached hydrogen (secondary N) is 1. The minimum absolute atomic E-state index is 0.225. The van der Waals surface area contributed by atoms with Crippen molar-refractivity contribution in [2.45, 2.75) is 32.0 Å². The molecule has 1 saturated heterocycles. The first-order valence-electron chi connectivity index (χ1n) is 12.0. The van der Waals surface area contributed by atoms with Gasteiger partial charge in [0.2, 0.25) is 0 Å². The van der Waals surface area contributed by atoms with Crippen LogP contribution in [-0.2, 0) is 14.3 Å². The van der Waals surface area contributed by atoms with Gasteiger partial charge in [0, 0.05) is 11.3 Å². The highest BCUT2D eigenvalue weighted by atomic mass is 16.5. The molecule has 7 heteroatoms. The van der Waals surface area contributed by atoms with Crippen LogP contribution in [0.4, 0.5) is 0 Å². The number of allylic oxidation sites excluding steroid dienone is 1. The van der Waals surface area contributed by atoms with Gasteiger partial charge in [0.1, 0.15) is 6.04 Å². The number of carbonyl (C=O) groups is 3. The van der Waals surface area contributed by atoms with E-state index >= 15 is 0 Å². The number of hydrazine groups is 1. The highest BCUT2D eigenvalue weighted by molar-refractivity contribution is 6.00. The molecule has 0 unspecified atom stereocenters. The quantitative estimate of drug-likeness (QED) is 0.535. The van der Waals surface area contributed by atoms with Crippen LogP contribution in [0.1, 0.15) is 47.4 Å². The Morgan fingerprint density at radius 3 is 2.00 bits per heavy atom. The molecule has 0 radical (unpaired) electrons. The van der Waals surface area contributed by atoms with Crippen molar-refractivity contribution in [3.05, 3.63) is 119 Å². The summed E-state index contributed by atoms with van der Waals surface area (Å²) in [5, 5.41) is 6.42. The van der Waals surface area contributed by atoms with Crippen LogP contribution in [0, 0.1) is 0 Å². The molecule has 2 amide bonds. The number of nitrogens with zero attached hydrogens (tertiary/aromatic N) is 2. The van der Waals surface area contributed by atoms with Gasteiger partial charge in [0.15, 0.2) is 0 Å². The molecule has 0 aromatic heterocycles. The summed E-state index contributed by atoms with van der Waals surface area (Å²) < 4.78 is 5.41. The average molecular weight is 482 g/mol. The molecule has 1 N–H and O–H groups in total. The first kappa shape index (κ1) is 23.5. The highest BCUT2D eigenvalue weighted by Gasteiger charge is 2.57. The third kappa shape index (κ3) is 3.97. The third-order valence-electron chi connectivity index (χ3n) is 6.63. The molecule has 2 aliphatic rings. The fourth-order valence-electron chi connectivity index (χ4n) is 5.09. The molecule has 3 aromatic rings. The number of hydrogen-bond donors (Lipinski definition) is 1. The van der Waals surface area contributed by atoms with E-state index in [0.29, 0.717) is 16.8 Å². The molecule has 5 rings (SSSR count). The van der Waals surface area contributed by atoms with Gasteiger partial charge in [0.25, 0.3) is 11.8 Å². The summed E-state index contributed by atoms with van der Waals surface area (Å²) in [5.41, 5.74) is 3.10. The molecule has 2 aliphatic heterocycles. The van der Waals surface area contributed by atoms with Crippen LogP contribution in [0.5, 0.6) is 0 Å². The van der Waals surface area contributed by atoms with Crippen molar-refractivity contribution in [2.24, 2.45) is 0 Å². The van der Waals surface area contributed by atoms with Crippen LogP contribution in [-0.4, -0.2) is 40.5 Å². The number of rotatable bonds is 6. The number of carbonyl (C=O) groups excluding carboxylic acids is 3. The largest absolute Gasteiger partial charge is 0.463 e. The van der Waals surface area contributed by atoms with E-state index < -0.39 is 24.1 Å². The first-order chi connectivity index (χ1) is 17.5. The summed E-state index contributed by atoms with van der Waals surface area (Å²) >= 11 is 0. The van der Waals surface area contributed by atoms with E-state index in [1.54, 1.807) is 38.1 Å². The maximum absolute atomic E-state index is 13.9. The van der Waals surface area contributed by atoms with Gasteiger partial charge in [-0.25, -0.2) is 9.80 Å². The molecule has 1 fully saturated rings. The lowest BCUT2D eigenvalue weighted by Crippen LogP contribution is -2.44. The summed E-state index contributed by atoms with van der Waals surface area (Å²) in [4.78, 5) is 40.2. The molecule has 0 aliphatic carbocycles. The standard InChI is InChI=1S/C29H27N3O4/c1-3-36-29(35)23-19(2)31-28(34)24(30-27(33)22-17-11-6-12-18-22)26(21-15-9-5-10-16-21)32(31)25(23)20-13-7-4-8-14-20/h4-18,24-26H,3H2,1-2H3,(H,30,33)/t24-,25+,26-/m0/s1. The van der Waals surface area contributed by atoms with Gasteiger partial charge in [-0.05, 0) is 37.1 Å². The molecular formula is C29H27N3O4. The SMILES string of the molecule is CCOC(=O)C1=C(C)N2C(=O)[C@@H](NC(=O)c3ccccc3)[C@H](c3ccccc3)N2[C@@H]1c1ccccc1. The fraction of sp³-hybridized carbons (Fsp3) is 0.207. The number of benzene rings is 3. The van der Waals surface area contributed by atoms with Gasteiger partial charge in [-0.15, -0.1) is 0 Å². The predicted octanol–water partition coefficient (Wildman–Crippen LogP) is 4.18. The maximum atomic E-state index is 13.9. The van der Waals surface area contributed by atoms with Gasteiger partial charge in [0.05, 0.1) is 24.3 Å². The number of hydrogen-bond acceptors (Lipinski definition) is 5. The summed E-state index contributed by atoms with van der Waals surface area (Å²) in [7, 11) is 0. The van der Waals surface area contributed by atoms with E-state index in [0.717, 1.165) is 11.1 Å². The first-order valence-corrected chi connectivity index (χ1v) is 12.0. The Morgan fingerprint density at radius 2 is 1.42 bits per heavy atom. The van der Waals surface area contributed by atoms with Gasteiger partial charge in [-0.2, -0.15) is 5.01 Å². The summed E-state index contributed by atoms with van der Waals surface area (Å²) in [6.45, 7) is 3.74. The monoisotopic (exact) mass is 481 g/mol. The van der Waals surface area contributed by atoms with E-state index in [1.807, 2.05) is 71.7 Å². The zero-order valence-corrected chi connectivity index (χ0v) is 20.1. The zero-order valence-electron chi connectivity index (χ0n) is 20.1. The van der Waals surface area contributed by atoms with E-state index in [-0.39, 0.29) is 18.4 Å². The van der Waals surface area contributed by atoms with Crippen LogP contribution in [0.15, 0.2) is 102 Å². The summed E-state index contributed by atoms with van der Waals surface area (Å²) in [6.07, 6.45) is 0. The Kier molecular flexibility index (Phi) is 6.40. The number of ether oxygens (including phenoxy) is 1. The van der Waals surface area contributed by atoms with Gasteiger partial charge in [-0.3, -0.25) is 9.59 Å².